The number of thioether (sulfide) groups is 1. The predicted molar refractivity (Wildman–Crippen MR) is 36.6 cm³/mol. The zero-order valence-corrected chi connectivity index (χ0v) is 6.46. The van der Waals surface area contributed by atoms with Gasteiger partial charge in [0.2, 0.25) is 0 Å². The summed E-state index contributed by atoms with van der Waals surface area (Å²) in [5, 5.41) is 9.13. The van der Waals surface area contributed by atoms with E-state index in [0.29, 0.717) is 0 Å². The van der Waals surface area contributed by atoms with Crippen molar-refractivity contribution in [1.82, 2.24) is 0 Å². The Morgan fingerprint density at radius 2 is 2.18 bits per heavy atom. The maximum atomic E-state index is 11.9. The first kappa shape index (κ1) is 8.86. The van der Waals surface area contributed by atoms with Crippen LogP contribution in [-0.4, -0.2) is 27.8 Å². The van der Waals surface area contributed by atoms with Crippen molar-refractivity contribution in [2.45, 2.75) is 18.8 Å². The molecule has 1 rings (SSSR count). The Balaban J connectivity index is 2.86. The lowest BCUT2D eigenvalue weighted by molar-refractivity contribution is -0.245. The van der Waals surface area contributed by atoms with E-state index < -0.39 is 17.7 Å². The van der Waals surface area contributed by atoms with Crippen LogP contribution in [0.15, 0.2) is 4.99 Å². The number of aliphatic hydroxyl groups is 1. The summed E-state index contributed by atoms with van der Waals surface area (Å²) in [6.45, 7) is 1.44. The van der Waals surface area contributed by atoms with Crippen molar-refractivity contribution in [3.63, 3.8) is 0 Å². The van der Waals surface area contributed by atoms with Gasteiger partial charge in [-0.15, -0.1) is 11.8 Å². The Labute approximate surface area is 65.5 Å². The number of rotatable bonds is 0. The number of aliphatic imine (C=N–C) groups is 1. The van der Waals surface area contributed by atoms with Crippen molar-refractivity contribution >= 4 is 16.8 Å². The minimum absolute atomic E-state index is 0.268. The van der Waals surface area contributed by atoms with Gasteiger partial charge in [-0.1, -0.05) is 0 Å². The number of alkyl halides is 3. The molecular formula is C5H6F3NOS. The molecule has 1 N–H and O–H groups in total. The molecule has 0 saturated carbocycles. The molecule has 6 heteroatoms. The van der Waals surface area contributed by atoms with E-state index in [1.54, 1.807) is 0 Å². The van der Waals surface area contributed by atoms with E-state index in [2.05, 4.69) is 4.99 Å². The van der Waals surface area contributed by atoms with Gasteiger partial charge in [-0.3, -0.25) is 0 Å². The molecule has 2 nitrogen and oxygen atoms in total. The fourth-order valence-corrected chi connectivity index (χ4v) is 1.53. The van der Waals surface area contributed by atoms with Gasteiger partial charge in [0.05, 0.1) is 10.8 Å². The van der Waals surface area contributed by atoms with Crippen LogP contribution in [0.2, 0.25) is 0 Å². The second-order valence-corrected chi connectivity index (χ2v) is 3.40. The molecule has 0 radical (unpaired) electrons. The Bertz CT molecular complexity index is 202. The van der Waals surface area contributed by atoms with E-state index in [9.17, 15) is 13.2 Å². The molecule has 0 fully saturated rings. The van der Waals surface area contributed by atoms with Crippen LogP contribution in [-0.2, 0) is 0 Å². The van der Waals surface area contributed by atoms with Crippen molar-refractivity contribution < 1.29 is 18.3 Å². The Morgan fingerprint density at radius 3 is 2.36 bits per heavy atom. The van der Waals surface area contributed by atoms with Crippen molar-refractivity contribution in [2.24, 2.45) is 4.99 Å². The predicted octanol–water partition coefficient (Wildman–Crippen LogP) is 1.40. The first-order chi connectivity index (χ1) is 4.85. The molecule has 0 aromatic heterocycles. The van der Waals surface area contributed by atoms with Crippen molar-refractivity contribution in [3.8, 4) is 0 Å². The van der Waals surface area contributed by atoms with Crippen LogP contribution in [0.1, 0.15) is 6.92 Å². The van der Waals surface area contributed by atoms with Gasteiger partial charge >= 0.3 is 6.18 Å². The van der Waals surface area contributed by atoms with Crippen LogP contribution >= 0.6 is 11.8 Å². The first-order valence-corrected chi connectivity index (χ1v) is 3.82. The highest BCUT2D eigenvalue weighted by atomic mass is 32.2. The number of hydrogen-bond acceptors (Lipinski definition) is 3. The monoisotopic (exact) mass is 185 g/mol. The molecule has 0 spiro atoms. The van der Waals surface area contributed by atoms with Crippen molar-refractivity contribution in [2.75, 3.05) is 5.75 Å². The number of halogens is 3. The smallest absolute Gasteiger partial charge is 0.361 e. The van der Waals surface area contributed by atoms with Crippen LogP contribution in [0.5, 0.6) is 0 Å². The van der Waals surface area contributed by atoms with Crippen LogP contribution in [0.4, 0.5) is 13.2 Å². The molecule has 1 aliphatic heterocycles. The zero-order chi connectivity index (χ0) is 8.70. The summed E-state index contributed by atoms with van der Waals surface area (Å²) >= 11 is 0.911. The molecule has 0 aliphatic carbocycles. The van der Waals surface area contributed by atoms with Gasteiger partial charge in [-0.2, -0.15) is 13.2 Å². The maximum Gasteiger partial charge on any atom is 0.439 e. The lowest BCUT2D eigenvalue weighted by Gasteiger charge is -2.21. The standard InChI is InChI=1S/C5H6F3NOS/c1-3-9-4(10,2-11-3)5(6,7)8/h10H,2H2,1H3. The van der Waals surface area contributed by atoms with Crippen LogP contribution < -0.4 is 0 Å². The molecule has 1 atom stereocenters. The van der Waals surface area contributed by atoms with Gasteiger partial charge in [-0.05, 0) is 6.92 Å². The van der Waals surface area contributed by atoms with Crippen LogP contribution in [0.3, 0.4) is 0 Å². The minimum atomic E-state index is -4.65. The summed E-state index contributed by atoms with van der Waals surface area (Å²) in [6, 6.07) is 0. The molecule has 0 saturated heterocycles. The highest BCUT2D eigenvalue weighted by molar-refractivity contribution is 8.14. The van der Waals surface area contributed by atoms with E-state index in [-0.39, 0.29) is 5.04 Å². The highest BCUT2D eigenvalue weighted by Gasteiger charge is 2.56. The summed E-state index contributed by atoms with van der Waals surface area (Å²) < 4.78 is 35.8. The van der Waals surface area contributed by atoms with E-state index >= 15 is 0 Å². The fourth-order valence-electron chi connectivity index (χ4n) is 0.675. The third-order valence-corrected chi connectivity index (χ3v) is 2.33. The average molecular weight is 185 g/mol. The maximum absolute atomic E-state index is 11.9. The van der Waals surface area contributed by atoms with Gasteiger partial charge in [0.15, 0.2) is 0 Å². The normalized spacial score (nSPS) is 32.3. The van der Waals surface area contributed by atoms with Gasteiger partial charge < -0.3 is 5.11 Å². The molecule has 0 aromatic carbocycles. The van der Waals surface area contributed by atoms with E-state index in [1.165, 1.54) is 6.92 Å². The van der Waals surface area contributed by atoms with E-state index in [0.717, 1.165) is 11.8 Å². The molecule has 11 heavy (non-hydrogen) atoms. The van der Waals surface area contributed by atoms with Gasteiger partial charge in [0, 0.05) is 0 Å². The van der Waals surface area contributed by atoms with Crippen LogP contribution in [0.25, 0.3) is 0 Å². The second-order valence-electron chi connectivity index (χ2n) is 2.23. The lowest BCUT2D eigenvalue weighted by Crippen LogP contribution is -2.43. The minimum Gasteiger partial charge on any atom is -0.361 e. The van der Waals surface area contributed by atoms with Gasteiger partial charge in [0.1, 0.15) is 0 Å². The number of hydrogen-bond donors (Lipinski definition) is 1. The topological polar surface area (TPSA) is 32.6 Å². The molecule has 0 bridgehead atoms. The molecular weight excluding hydrogens is 179 g/mol. The fraction of sp³-hybridized carbons (Fsp3) is 0.800. The SMILES string of the molecule is CC1=NC(O)(C(F)(F)F)CS1. The first-order valence-electron chi connectivity index (χ1n) is 2.83. The molecule has 1 unspecified atom stereocenters. The van der Waals surface area contributed by atoms with E-state index in [1.807, 2.05) is 0 Å². The quantitative estimate of drug-likeness (QED) is 0.618. The lowest BCUT2D eigenvalue weighted by atomic mass is 10.3. The third-order valence-electron chi connectivity index (χ3n) is 1.28. The van der Waals surface area contributed by atoms with Crippen LogP contribution in [0, 0.1) is 0 Å². The third kappa shape index (κ3) is 1.51. The van der Waals surface area contributed by atoms with E-state index in [4.69, 9.17) is 5.11 Å². The average Bonchev–Trinajstić information content (AvgIpc) is 2.10. The Hall–Kier alpha value is -0.230. The zero-order valence-electron chi connectivity index (χ0n) is 5.64. The molecule has 1 heterocycles. The second kappa shape index (κ2) is 2.38. The van der Waals surface area contributed by atoms with Gasteiger partial charge in [-0.25, -0.2) is 4.99 Å². The Morgan fingerprint density at radius 1 is 1.64 bits per heavy atom. The summed E-state index contributed by atoms with van der Waals surface area (Å²) in [7, 11) is 0. The highest BCUT2D eigenvalue weighted by Crippen LogP contribution is 2.38. The summed E-state index contributed by atoms with van der Waals surface area (Å²) in [5.41, 5.74) is -2.85. The van der Waals surface area contributed by atoms with Gasteiger partial charge in [0.25, 0.3) is 5.72 Å². The van der Waals surface area contributed by atoms with Crippen molar-refractivity contribution in [3.05, 3.63) is 0 Å². The summed E-state index contributed by atoms with van der Waals surface area (Å²) in [6.07, 6.45) is -4.65. The summed E-state index contributed by atoms with van der Waals surface area (Å²) in [5.74, 6) is -0.428. The molecule has 1 aliphatic rings. The number of nitrogens with zero attached hydrogens (tertiary/aromatic N) is 1. The largest absolute Gasteiger partial charge is 0.439 e. The Kier molecular flexibility index (Phi) is 1.92. The van der Waals surface area contributed by atoms with Crippen molar-refractivity contribution in [1.29, 1.82) is 0 Å². The molecule has 64 valence electrons. The molecule has 0 amide bonds. The summed E-state index contributed by atoms with van der Waals surface area (Å²) in [4.78, 5) is 3.10. The molecule has 0 aromatic rings.